The lowest BCUT2D eigenvalue weighted by molar-refractivity contribution is -0.137. The van der Waals surface area contributed by atoms with Crippen LogP contribution in [0.25, 0.3) is 22.6 Å². The maximum atomic E-state index is 13.5. The first-order valence-electron chi connectivity index (χ1n) is 10.9. The van der Waals surface area contributed by atoms with Gasteiger partial charge in [-0.25, -0.2) is 4.98 Å². The molecule has 0 atom stereocenters. The van der Waals surface area contributed by atoms with Gasteiger partial charge in [0.05, 0.1) is 34.4 Å². The lowest BCUT2D eigenvalue weighted by atomic mass is 10.0. The normalized spacial score (nSPS) is 11.5. The molecule has 36 heavy (non-hydrogen) atoms. The third kappa shape index (κ3) is 4.59. The smallest absolute Gasteiger partial charge is 0.397 e. The molecule has 4 N–H and O–H groups in total. The van der Waals surface area contributed by atoms with Crippen LogP contribution < -0.4 is 16.4 Å². The van der Waals surface area contributed by atoms with Gasteiger partial charge in [0, 0.05) is 26.2 Å². The highest BCUT2D eigenvalue weighted by Gasteiger charge is 2.36. The second-order valence-corrected chi connectivity index (χ2v) is 8.12. The van der Waals surface area contributed by atoms with Crippen molar-refractivity contribution in [3.05, 3.63) is 53.6 Å². The van der Waals surface area contributed by atoms with Crippen molar-refractivity contribution in [2.45, 2.75) is 20.0 Å². The molecule has 4 rings (SSSR count). The van der Waals surface area contributed by atoms with Crippen molar-refractivity contribution in [3.63, 3.8) is 0 Å². The number of anilines is 3. The molecule has 0 aliphatic rings. The van der Waals surface area contributed by atoms with Crippen LogP contribution >= 0.6 is 0 Å². The van der Waals surface area contributed by atoms with Crippen molar-refractivity contribution in [1.82, 2.24) is 29.5 Å². The molecule has 3 heterocycles. The van der Waals surface area contributed by atoms with Crippen LogP contribution in [-0.4, -0.2) is 42.0 Å². The van der Waals surface area contributed by atoms with E-state index < -0.39 is 23.3 Å². The number of benzene rings is 1. The number of amides is 1. The number of hydrogen-bond acceptors (Lipinski definition) is 7. The van der Waals surface area contributed by atoms with Crippen molar-refractivity contribution < 1.29 is 18.0 Å². The van der Waals surface area contributed by atoms with Gasteiger partial charge in [-0.1, -0.05) is 6.07 Å². The third-order valence-electron chi connectivity index (χ3n) is 5.57. The summed E-state index contributed by atoms with van der Waals surface area (Å²) in [4.78, 5) is 17.5. The van der Waals surface area contributed by atoms with Gasteiger partial charge in [-0.3, -0.25) is 9.48 Å². The Kier molecular flexibility index (Phi) is 6.39. The minimum absolute atomic E-state index is 0.0258. The molecule has 0 unspecified atom stereocenters. The zero-order valence-corrected chi connectivity index (χ0v) is 20.0. The molecule has 0 saturated carbocycles. The number of carbonyl (C=O) groups is 1. The fourth-order valence-electron chi connectivity index (χ4n) is 3.93. The minimum Gasteiger partial charge on any atom is -0.397 e. The second kappa shape index (κ2) is 9.32. The average molecular weight is 500 g/mol. The molecule has 13 heteroatoms. The molecule has 188 valence electrons. The number of hydrogen-bond donors (Lipinski definition) is 3. The van der Waals surface area contributed by atoms with Crippen LogP contribution in [0, 0.1) is 6.92 Å². The van der Waals surface area contributed by atoms with Crippen LogP contribution in [0.15, 0.2) is 36.8 Å². The molecule has 0 aliphatic heterocycles. The van der Waals surface area contributed by atoms with E-state index in [9.17, 15) is 18.0 Å². The van der Waals surface area contributed by atoms with Gasteiger partial charge in [0.1, 0.15) is 17.8 Å². The Hall–Kier alpha value is -4.42. The van der Waals surface area contributed by atoms with Crippen LogP contribution in [0.5, 0.6) is 0 Å². The van der Waals surface area contributed by atoms with Crippen LogP contribution in [0.1, 0.15) is 28.5 Å². The maximum Gasteiger partial charge on any atom is 0.418 e. The van der Waals surface area contributed by atoms with E-state index in [1.165, 1.54) is 25.1 Å². The Morgan fingerprint density at radius 3 is 2.58 bits per heavy atom. The number of aryl methyl sites for hydroxylation is 3. The van der Waals surface area contributed by atoms with Crippen LogP contribution in [-0.2, 0) is 20.3 Å². The lowest BCUT2D eigenvalue weighted by Gasteiger charge is -2.17. The largest absolute Gasteiger partial charge is 0.418 e. The Bertz CT molecular complexity index is 1440. The standard InChI is InChI=1S/C23H24F3N9O/c1-5-28-17-9-13(20-14(10-30-35(20)4)21-33-29-11-34(21)3)8-16(31-17)22(36)32-15-7-6-12(2)18(19(15)27)23(24,25)26/h6-11H,5,27H2,1-4H3,(H,28,31)(H,32,36). The maximum absolute atomic E-state index is 13.5. The van der Waals surface area contributed by atoms with Crippen LogP contribution in [0.2, 0.25) is 0 Å². The molecule has 0 bridgehead atoms. The van der Waals surface area contributed by atoms with E-state index in [4.69, 9.17) is 5.73 Å². The average Bonchev–Trinajstić information content (AvgIpc) is 3.39. The number of rotatable bonds is 6. The summed E-state index contributed by atoms with van der Waals surface area (Å²) in [5.74, 6) is 0.248. The van der Waals surface area contributed by atoms with Crippen LogP contribution in [0.3, 0.4) is 0 Å². The highest BCUT2D eigenvalue weighted by molar-refractivity contribution is 6.05. The highest BCUT2D eigenvalue weighted by atomic mass is 19.4. The van der Waals surface area contributed by atoms with E-state index in [1.807, 2.05) is 6.92 Å². The molecule has 0 fully saturated rings. The molecule has 3 aromatic heterocycles. The molecule has 0 radical (unpaired) electrons. The number of pyridine rings is 1. The van der Waals surface area contributed by atoms with Gasteiger partial charge < -0.3 is 20.9 Å². The summed E-state index contributed by atoms with van der Waals surface area (Å²) in [6, 6.07) is 5.87. The third-order valence-corrected chi connectivity index (χ3v) is 5.57. The van der Waals surface area contributed by atoms with Gasteiger partial charge in [0.15, 0.2) is 5.82 Å². The summed E-state index contributed by atoms with van der Waals surface area (Å²) in [6.07, 6.45) is -1.47. The van der Waals surface area contributed by atoms with E-state index in [0.717, 1.165) is 0 Å². The summed E-state index contributed by atoms with van der Waals surface area (Å²) in [5.41, 5.74) is 5.94. The fraction of sp³-hybridized carbons (Fsp3) is 0.261. The predicted molar refractivity (Wildman–Crippen MR) is 129 cm³/mol. The van der Waals surface area contributed by atoms with E-state index >= 15 is 0 Å². The summed E-state index contributed by atoms with van der Waals surface area (Å²) in [6.45, 7) is 3.70. The fourth-order valence-corrected chi connectivity index (χ4v) is 3.93. The van der Waals surface area contributed by atoms with Crippen molar-refractivity contribution in [2.75, 3.05) is 22.9 Å². The second-order valence-electron chi connectivity index (χ2n) is 8.12. The summed E-state index contributed by atoms with van der Waals surface area (Å²) in [7, 11) is 3.54. The number of nitrogens with zero attached hydrogens (tertiary/aromatic N) is 6. The number of halogens is 3. The lowest BCUT2D eigenvalue weighted by Crippen LogP contribution is -2.18. The van der Waals surface area contributed by atoms with Gasteiger partial charge in [-0.2, -0.15) is 18.3 Å². The number of alkyl halides is 3. The van der Waals surface area contributed by atoms with Gasteiger partial charge in [-0.05, 0) is 37.6 Å². The molecular weight excluding hydrogens is 475 g/mol. The highest BCUT2D eigenvalue weighted by Crippen LogP contribution is 2.39. The quantitative estimate of drug-likeness (QED) is 0.344. The number of aromatic nitrogens is 6. The zero-order valence-electron chi connectivity index (χ0n) is 20.0. The SMILES string of the molecule is CCNc1cc(-c2c(-c3nncn3C)cnn2C)cc(C(=O)Nc2ccc(C)c(C(F)(F)F)c2N)n1. The number of carbonyl (C=O) groups excluding carboxylic acids is 1. The Morgan fingerprint density at radius 2 is 1.94 bits per heavy atom. The van der Waals surface area contributed by atoms with E-state index in [2.05, 4.69) is 30.9 Å². The molecule has 0 aliphatic carbocycles. The Morgan fingerprint density at radius 1 is 1.19 bits per heavy atom. The topological polar surface area (TPSA) is 129 Å². The van der Waals surface area contributed by atoms with E-state index in [1.54, 1.807) is 41.9 Å². The Labute approximate surface area is 204 Å². The summed E-state index contributed by atoms with van der Waals surface area (Å²) >= 11 is 0. The van der Waals surface area contributed by atoms with E-state index in [-0.39, 0.29) is 16.9 Å². The van der Waals surface area contributed by atoms with Crippen molar-refractivity contribution in [2.24, 2.45) is 14.1 Å². The first-order valence-corrected chi connectivity index (χ1v) is 10.9. The first-order chi connectivity index (χ1) is 17.0. The number of nitrogen functional groups attached to an aromatic ring is 1. The first kappa shape index (κ1) is 24.7. The molecule has 4 aromatic rings. The number of nitrogens with two attached hydrogens (primary N) is 1. The molecule has 0 spiro atoms. The monoisotopic (exact) mass is 499 g/mol. The number of nitrogens with one attached hydrogen (secondary N) is 2. The van der Waals surface area contributed by atoms with Gasteiger partial charge in [0.25, 0.3) is 5.91 Å². The molecular formula is C23H24F3N9O. The Balaban J connectivity index is 1.78. The molecule has 1 aromatic carbocycles. The van der Waals surface area contributed by atoms with Gasteiger partial charge >= 0.3 is 6.18 Å². The van der Waals surface area contributed by atoms with Crippen molar-refractivity contribution in [1.29, 1.82) is 0 Å². The predicted octanol–water partition coefficient (Wildman–Crippen LogP) is 3.87. The minimum atomic E-state index is -4.67. The van der Waals surface area contributed by atoms with Gasteiger partial charge in [-0.15, -0.1) is 10.2 Å². The summed E-state index contributed by atoms with van der Waals surface area (Å²) in [5, 5.41) is 17.9. The molecule has 0 saturated heterocycles. The zero-order chi connectivity index (χ0) is 26.2. The van der Waals surface area contributed by atoms with Crippen LogP contribution in [0.4, 0.5) is 30.4 Å². The summed E-state index contributed by atoms with van der Waals surface area (Å²) < 4.78 is 43.8. The van der Waals surface area contributed by atoms with E-state index in [0.29, 0.717) is 35.0 Å². The van der Waals surface area contributed by atoms with Crippen molar-refractivity contribution >= 4 is 23.1 Å². The van der Waals surface area contributed by atoms with Gasteiger partial charge in [0.2, 0.25) is 0 Å². The molecule has 10 nitrogen and oxygen atoms in total. The van der Waals surface area contributed by atoms with Crippen molar-refractivity contribution in [3.8, 4) is 22.6 Å². The molecule has 1 amide bonds.